The molecule has 0 aliphatic rings. The lowest BCUT2D eigenvalue weighted by Crippen LogP contribution is -2.25. The largest absolute Gasteiger partial charge is 0.464 e. The van der Waals surface area contributed by atoms with Gasteiger partial charge in [0.2, 0.25) is 0 Å². The summed E-state index contributed by atoms with van der Waals surface area (Å²) >= 11 is 0. The van der Waals surface area contributed by atoms with Gasteiger partial charge in [-0.25, -0.2) is 9.36 Å². The Kier molecular flexibility index (Phi) is 7.43. The normalized spacial score (nSPS) is 15.0. The number of esters is 1. The van der Waals surface area contributed by atoms with Crippen molar-refractivity contribution in [1.29, 1.82) is 0 Å². The number of ether oxygens (including phenoxy) is 1. The third kappa shape index (κ3) is 6.29. The van der Waals surface area contributed by atoms with E-state index in [1.807, 2.05) is 6.07 Å². The van der Waals surface area contributed by atoms with Gasteiger partial charge in [-0.1, -0.05) is 18.2 Å². The summed E-state index contributed by atoms with van der Waals surface area (Å²) in [5.41, 5.74) is 0. The van der Waals surface area contributed by atoms with Crippen molar-refractivity contribution in [2.75, 3.05) is 26.4 Å². The first kappa shape index (κ1) is 17.7. The first-order valence-corrected chi connectivity index (χ1v) is 8.57. The highest BCUT2D eigenvalue weighted by Crippen LogP contribution is 2.49. The molecule has 0 aliphatic carbocycles. The number of para-hydroxylation sites is 1. The molecular formula is C14H22NO5P. The zero-order chi connectivity index (χ0) is 15.7. The lowest BCUT2D eigenvalue weighted by Gasteiger charge is -2.22. The molecule has 0 saturated heterocycles. The Morgan fingerprint density at radius 3 is 2.57 bits per heavy atom. The molecule has 1 N–H and O–H groups in total. The van der Waals surface area contributed by atoms with Gasteiger partial charge in [0.1, 0.15) is 5.75 Å². The van der Waals surface area contributed by atoms with Gasteiger partial charge in [-0.3, -0.25) is 4.52 Å². The van der Waals surface area contributed by atoms with Crippen LogP contribution in [0.15, 0.2) is 30.3 Å². The molecule has 7 heteroatoms. The van der Waals surface area contributed by atoms with Gasteiger partial charge >= 0.3 is 13.6 Å². The van der Waals surface area contributed by atoms with Crippen molar-refractivity contribution in [1.82, 2.24) is 5.32 Å². The monoisotopic (exact) mass is 315 g/mol. The Morgan fingerprint density at radius 1 is 1.33 bits per heavy atom. The lowest BCUT2D eigenvalue weighted by molar-refractivity contribution is -0.150. The summed E-state index contributed by atoms with van der Waals surface area (Å²) in [6.45, 7) is 3.89. The molecule has 0 aliphatic heterocycles. The summed E-state index contributed by atoms with van der Waals surface area (Å²) in [5, 5.41) is 2.89. The van der Waals surface area contributed by atoms with Crippen LogP contribution in [-0.4, -0.2) is 38.4 Å². The second-order valence-corrected chi connectivity index (χ2v) is 6.40. The topological polar surface area (TPSA) is 73.9 Å². The van der Waals surface area contributed by atoms with Crippen LogP contribution in [-0.2, 0) is 18.6 Å². The number of rotatable bonds is 9. The Labute approximate surface area is 125 Å². The summed E-state index contributed by atoms with van der Waals surface area (Å²) in [4.78, 5) is 11.6. The maximum Gasteiger partial charge on any atom is 0.381 e. The first-order chi connectivity index (χ1) is 10.0. The van der Waals surface area contributed by atoms with E-state index in [9.17, 15) is 9.36 Å². The standard InChI is InChI=1S/C14H22NO5P/c1-4-18-14(16)12(2)19-21(17,11-10-15-3)20-13-8-6-5-7-9-13/h5-9,12,15H,4,10-11H2,1-3H3/t12-,21?/m1/s1. The second kappa shape index (κ2) is 8.82. The third-order valence-corrected chi connectivity index (χ3v) is 4.46. The van der Waals surface area contributed by atoms with Crippen LogP contribution in [0.1, 0.15) is 13.8 Å². The second-order valence-electron chi connectivity index (χ2n) is 4.34. The molecule has 0 radical (unpaired) electrons. The average Bonchev–Trinajstić information content (AvgIpc) is 2.46. The third-order valence-electron chi connectivity index (χ3n) is 2.56. The van der Waals surface area contributed by atoms with Crippen molar-refractivity contribution < 1.29 is 23.1 Å². The Morgan fingerprint density at radius 2 is 2.00 bits per heavy atom. The minimum atomic E-state index is -3.45. The summed E-state index contributed by atoms with van der Waals surface area (Å²) in [6.07, 6.45) is -0.793. The molecule has 0 amide bonds. The number of carbonyl (C=O) groups is 1. The Hall–Kier alpha value is -1.36. The highest BCUT2D eigenvalue weighted by molar-refractivity contribution is 7.54. The van der Waals surface area contributed by atoms with Gasteiger partial charge in [0.15, 0.2) is 6.10 Å². The Balaban J connectivity index is 2.78. The molecule has 6 nitrogen and oxygen atoms in total. The van der Waals surface area contributed by atoms with E-state index in [4.69, 9.17) is 13.8 Å². The number of hydrogen-bond acceptors (Lipinski definition) is 6. The highest BCUT2D eigenvalue weighted by atomic mass is 31.2. The zero-order valence-electron chi connectivity index (χ0n) is 12.6. The van der Waals surface area contributed by atoms with Gasteiger partial charge in [-0.2, -0.15) is 0 Å². The molecule has 1 aromatic rings. The maximum atomic E-state index is 12.8. The van der Waals surface area contributed by atoms with E-state index in [1.165, 1.54) is 6.92 Å². The molecule has 1 rings (SSSR count). The van der Waals surface area contributed by atoms with E-state index in [1.54, 1.807) is 38.2 Å². The van der Waals surface area contributed by atoms with E-state index in [0.29, 0.717) is 12.3 Å². The fourth-order valence-electron chi connectivity index (χ4n) is 1.55. The van der Waals surface area contributed by atoms with E-state index in [2.05, 4.69) is 5.32 Å². The van der Waals surface area contributed by atoms with Crippen molar-refractivity contribution in [3.63, 3.8) is 0 Å². The van der Waals surface area contributed by atoms with Crippen LogP contribution in [0, 0.1) is 0 Å². The molecule has 0 bridgehead atoms. The van der Waals surface area contributed by atoms with Gasteiger partial charge in [0.05, 0.1) is 12.8 Å². The minimum Gasteiger partial charge on any atom is -0.464 e. The molecule has 0 fully saturated rings. The van der Waals surface area contributed by atoms with Crippen LogP contribution in [0.4, 0.5) is 0 Å². The van der Waals surface area contributed by atoms with Crippen LogP contribution in [0.2, 0.25) is 0 Å². The van der Waals surface area contributed by atoms with Gasteiger partial charge in [-0.15, -0.1) is 0 Å². The molecule has 118 valence electrons. The van der Waals surface area contributed by atoms with E-state index < -0.39 is 19.7 Å². The fraction of sp³-hybridized carbons (Fsp3) is 0.500. The lowest BCUT2D eigenvalue weighted by atomic mass is 10.3. The highest BCUT2D eigenvalue weighted by Gasteiger charge is 2.31. The number of nitrogens with one attached hydrogen (secondary N) is 1. The van der Waals surface area contributed by atoms with Crippen molar-refractivity contribution in [3.8, 4) is 5.75 Å². The molecule has 0 heterocycles. The summed E-state index contributed by atoms with van der Waals surface area (Å²) in [6, 6.07) is 8.74. The van der Waals surface area contributed by atoms with Gasteiger partial charge in [-0.05, 0) is 33.0 Å². The maximum absolute atomic E-state index is 12.8. The quantitative estimate of drug-likeness (QED) is 0.557. The molecule has 21 heavy (non-hydrogen) atoms. The van der Waals surface area contributed by atoms with Crippen molar-refractivity contribution in [2.45, 2.75) is 20.0 Å². The van der Waals surface area contributed by atoms with Crippen LogP contribution in [0.5, 0.6) is 5.75 Å². The van der Waals surface area contributed by atoms with Crippen LogP contribution >= 0.6 is 7.60 Å². The van der Waals surface area contributed by atoms with Gasteiger partial charge < -0.3 is 14.6 Å². The van der Waals surface area contributed by atoms with E-state index >= 15 is 0 Å². The number of carbonyl (C=O) groups excluding carboxylic acids is 1. The predicted molar refractivity (Wildman–Crippen MR) is 80.7 cm³/mol. The number of hydrogen-bond donors (Lipinski definition) is 1. The van der Waals surface area contributed by atoms with Crippen LogP contribution in [0.25, 0.3) is 0 Å². The SMILES string of the molecule is CCOC(=O)[C@@H](C)OP(=O)(CCNC)Oc1ccccc1. The summed E-state index contributed by atoms with van der Waals surface area (Å²) < 4.78 is 28.5. The zero-order valence-corrected chi connectivity index (χ0v) is 13.5. The summed E-state index contributed by atoms with van der Waals surface area (Å²) in [5.74, 6) is -0.119. The molecule has 0 spiro atoms. The predicted octanol–water partition coefficient (Wildman–Crippen LogP) is 2.45. The van der Waals surface area contributed by atoms with E-state index in [0.717, 1.165) is 0 Å². The molecular weight excluding hydrogens is 293 g/mol. The molecule has 2 atom stereocenters. The van der Waals surface area contributed by atoms with E-state index in [-0.39, 0.29) is 12.8 Å². The molecule has 0 aromatic heterocycles. The average molecular weight is 315 g/mol. The Bertz CT molecular complexity index is 480. The molecule has 0 saturated carbocycles. The van der Waals surface area contributed by atoms with Gasteiger partial charge in [0, 0.05) is 6.54 Å². The van der Waals surface area contributed by atoms with Crippen molar-refractivity contribution >= 4 is 13.6 Å². The smallest absolute Gasteiger partial charge is 0.381 e. The van der Waals surface area contributed by atoms with Crippen molar-refractivity contribution in [3.05, 3.63) is 30.3 Å². The van der Waals surface area contributed by atoms with Crippen LogP contribution in [0.3, 0.4) is 0 Å². The van der Waals surface area contributed by atoms with Crippen molar-refractivity contribution in [2.24, 2.45) is 0 Å². The molecule has 1 unspecified atom stereocenters. The minimum absolute atomic E-state index is 0.155. The van der Waals surface area contributed by atoms with Crippen LogP contribution < -0.4 is 9.84 Å². The van der Waals surface area contributed by atoms with Gasteiger partial charge in [0.25, 0.3) is 0 Å². The fourth-order valence-corrected chi connectivity index (χ4v) is 3.30. The summed E-state index contributed by atoms with van der Waals surface area (Å²) in [7, 11) is -1.72. The number of benzene rings is 1. The molecule has 1 aromatic carbocycles. The first-order valence-electron chi connectivity index (χ1n) is 6.84.